The summed E-state index contributed by atoms with van der Waals surface area (Å²) in [6.45, 7) is 7.13. The number of halogens is 1. The molecule has 1 aromatic carbocycles. The lowest BCUT2D eigenvalue weighted by Crippen LogP contribution is -2.45. The van der Waals surface area contributed by atoms with Crippen molar-refractivity contribution in [2.45, 2.75) is 13.8 Å². The van der Waals surface area contributed by atoms with E-state index in [2.05, 4.69) is 20.2 Å². The van der Waals surface area contributed by atoms with Crippen molar-refractivity contribution >= 4 is 35.1 Å². The van der Waals surface area contributed by atoms with Crippen molar-refractivity contribution in [2.24, 2.45) is 5.73 Å². The van der Waals surface area contributed by atoms with Gasteiger partial charge in [-0.3, -0.25) is 9.59 Å². The van der Waals surface area contributed by atoms with Gasteiger partial charge in [0.25, 0.3) is 11.8 Å². The molecule has 0 atom stereocenters. The quantitative estimate of drug-likeness (QED) is 0.809. The van der Waals surface area contributed by atoms with Gasteiger partial charge in [0.1, 0.15) is 0 Å². The van der Waals surface area contributed by atoms with Crippen LogP contribution in [0.5, 0.6) is 0 Å². The van der Waals surface area contributed by atoms with E-state index < -0.39 is 11.8 Å². The van der Waals surface area contributed by atoms with Crippen LogP contribution in [0.3, 0.4) is 0 Å². The lowest BCUT2D eigenvalue weighted by molar-refractivity contribution is 0.0996. The highest BCUT2D eigenvalue weighted by atomic mass is 35.5. The van der Waals surface area contributed by atoms with Crippen LogP contribution < -0.4 is 16.0 Å². The number of likely N-dealkylation sites (N-methyl/N-ethyl adjacent to an activating group) is 1. The molecule has 0 bridgehead atoms. The molecule has 0 aliphatic carbocycles. The molecule has 0 spiro atoms. The van der Waals surface area contributed by atoms with Crippen LogP contribution in [0.25, 0.3) is 0 Å². The van der Waals surface area contributed by atoms with Gasteiger partial charge in [0.15, 0.2) is 22.5 Å². The second-order valence-electron chi connectivity index (χ2n) is 6.01. The zero-order chi connectivity index (χ0) is 20.7. The van der Waals surface area contributed by atoms with Crippen molar-refractivity contribution in [3.8, 4) is 0 Å². The summed E-state index contributed by atoms with van der Waals surface area (Å²) in [4.78, 5) is 36.8. The largest absolute Gasteiger partial charge is 0.364 e. The minimum absolute atomic E-state index is 0.00433. The minimum atomic E-state index is -0.812. The van der Waals surface area contributed by atoms with Gasteiger partial charge in [-0.1, -0.05) is 43.6 Å². The Morgan fingerprint density at radius 2 is 1.68 bits per heavy atom. The van der Waals surface area contributed by atoms with E-state index in [-0.39, 0.29) is 16.7 Å². The molecule has 1 saturated heterocycles. The maximum atomic E-state index is 12.4. The number of hydrogen-bond donors (Lipinski definition) is 2. The summed E-state index contributed by atoms with van der Waals surface area (Å²) >= 11 is 6.22. The van der Waals surface area contributed by atoms with E-state index in [1.165, 1.54) is 0 Å². The summed E-state index contributed by atoms with van der Waals surface area (Å²) in [6.07, 6.45) is 0. The van der Waals surface area contributed by atoms with E-state index in [1.807, 2.05) is 25.8 Å². The Hall–Kier alpha value is -2.71. The van der Waals surface area contributed by atoms with Gasteiger partial charge in [0, 0.05) is 31.7 Å². The number of carbonyl (C=O) groups is 2. The van der Waals surface area contributed by atoms with E-state index in [0.717, 1.165) is 13.1 Å². The second-order valence-corrected chi connectivity index (χ2v) is 6.37. The molecule has 9 heteroatoms. The maximum absolute atomic E-state index is 12.4. The first-order valence-corrected chi connectivity index (χ1v) is 9.50. The van der Waals surface area contributed by atoms with Crippen LogP contribution in [0, 0.1) is 0 Å². The molecule has 8 nitrogen and oxygen atoms in total. The van der Waals surface area contributed by atoms with Gasteiger partial charge in [-0.25, -0.2) is 9.97 Å². The molecule has 1 aromatic heterocycles. The van der Waals surface area contributed by atoms with Crippen LogP contribution >= 0.6 is 11.6 Å². The number of primary amides is 1. The summed E-state index contributed by atoms with van der Waals surface area (Å²) in [6, 6.07) is 8.60. The number of piperazine rings is 1. The van der Waals surface area contributed by atoms with Crippen molar-refractivity contribution in [1.82, 2.24) is 14.9 Å². The van der Waals surface area contributed by atoms with Crippen LogP contribution in [-0.2, 0) is 0 Å². The van der Waals surface area contributed by atoms with Gasteiger partial charge in [-0.2, -0.15) is 0 Å². The van der Waals surface area contributed by atoms with E-state index in [4.69, 9.17) is 17.3 Å². The number of amides is 2. The fourth-order valence-corrected chi connectivity index (χ4v) is 2.90. The highest BCUT2D eigenvalue weighted by Gasteiger charge is 2.24. The summed E-state index contributed by atoms with van der Waals surface area (Å²) in [5.41, 5.74) is 5.63. The van der Waals surface area contributed by atoms with Gasteiger partial charge in [0.2, 0.25) is 0 Å². The lowest BCUT2D eigenvalue weighted by Gasteiger charge is -2.33. The van der Waals surface area contributed by atoms with Crippen LogP contribution in [0.2, 0.25) is 5.15 Å². The van der Waals surface area contributed by atoms with Gasteiger partial charge in [-0.05, 0) is 19.2 Å². The molecule has 150 valence electrons. The van der Waals surface area contributed by atoms with Gasteiger partial charge < -0.3 is 20.9 Å². The zero-order valence-corrected chi connectivity index (χ0v) is 17.0. The van der Waals surface area contributed by atoms with Crippen molar-refractivity contribution < 1.29 is 9.59 Å². The summed E-state index contributed by atoms with van der Waals surface area (Å²) in [5, 5.41) is 2.70. The van der Waals surface area contributed by atoms with Gasteiger partial charge in [0.05, 0.1) is 0 Å². The van der Waals surface area contributed by atoms with E-state index in [9.17, 15) is 9.59 Å². The molecule has 3 N–H and O–H groups in total. The molecule has 28 heavy (non-hydrogen) atoms. The highest BCUT2D eigenvalue weighted by molar-refractivity contribution is 6.32. The van der Waals surface area contributed by atoms with Gasteiger partial charge in [-0.15, -0.1) is 0 Å². The van der Waals surface area contributed by atoms with E-state index >= 15 is 0 Å². The van der Waals surface area contributed by atoms with Crippen LogP contribution in [0.1, 0.15) is 34.7 Å². The van der Waals surface area contributed by atoms with Crippen LogP contribution in [0.4, 0.5) is 11.6 Å². The number of aromatic nitrogens is 2. The second kappa shape index (κ2) is 10.0. The SMILES string of the molecule is CC.CN1CCN(c2nc(NC(=O)c3ccccc3)c(C(N)=O)nc2Cl)CC1. The number of nitrogens with one attached hydrogen (secondary N) is 1. The standard InChI is InChI=1S/C17H19ClN6O2.C2H6/c1-23-7-9-24(10-8-23)16-13(18)20-12(14(19)25)15(21-16)22-17(26)11-5-3-2-4-6-11;1-2/h2-6H,7-10H2,1H3,(H2,19,25)(H,21,22,26);1-2H3. The molecule has 1 fully saturated rings. The summed E-state index contributed by atoms with van der Waals surface area (Å²) in [5.74, 6) is -0.792. The molecule has 0 saturated carbocycles. The number of nitrogens with two attached hydrogens (primary N) is 1. The molecule has 0 unspecified atom stereocenters. The van der Waals surface area contributed by atoms with Crippen molar-refractivity contribution in [1.29, 1.82) is 0 Å². The smallest absolute Gasteiger partial charge is 0.271 e. The Balaban J connectivity index is 0.00000136. The average molecular weight is 405 g/mol. The predicted molar refractivity (Wildman–Crippen MR) is 111 cm³/mol. The number of benzene rings is 1. The van der Waals surface area contributed by atoms with Crippen LogP contribution in [0.15, 0.2) is 30.3 Å². The Morgan fingerprint density at radius 3 is 2.25 bits per heavy atom. The first-order valence-electron chi connectivity index (χ1n) is 9.13. The first-order chi connectivity index (χ1) is 13.5. The molecular formula is C19H25ClN6O2. The Morgan fingerprint density at radius 1 is 1.07 bits per heavy atom. The monoisotopic (exact) mass is 404 g/mol. The molecule has 0 radical (unpaired) electrons. The molecule has 2 heterocycles. The molecule has 1 aliphatic rings. The van der Waals surface area contributed by atoms with E-state index in [1.54, 1.807) is 30.3 Å². The lowest BCUT2D eigenvalue weighted by atomic mass is 10.2. The Labute approximate surface area is 169 Å². The molecule has 2 amide bonds. The number of anilines is 2. The molecule has 1 aliphatic heterocycles. The normalized spacial score (nSPS) is 14.1. The highest BCUT2D eigenvalue weighted by Crippen LogP contribution is 2.26. The molecule has 2 aromatic rings. The van der Waals surface area contributed by atoms with Crippen molar-refractivity contribution in [3.05, 3.63) is 46.7 Å². The maximum Gasteiger partial charge on any atom is 0.271 e. The predicted octanol–water partition coefficient (Wildman–Crippen LogP) is 2.26. The topological polar surface area (TPSA) is 104 Å². The first kappa shape index (κ1) is 21.6. The third kappa shape index (κ3) is 5.17. The number of carbonyl (C=O) groups excluding carboxylic acids is 2. The fraction of sp³-hybridized carbons (Fsp3) is 0.368. The number of nitrogens with zero attached hydrogens (tertiary/aromatic N) is 4. The Kier molecular flexibility index (Phi) is 7.71. The number of rotatable bonds is 4. The molecular weight excluding hydrogens is 380 g/mol. The summed E-state index contributed by atoms with van der Waals surface area (Å²) in [7, 11) is 2.03. The Bertz CT molecular complexity index is 823. The van der Waals surface area contributed by atoms with E-state index in [0.29, 0.717) is 24.5 Å². The van der Waals surface area contributed by atoms with Crippen molar-refractivity contribution in [3.63, 3.8) is 0 Å². The van der Waals surface area contributed by atoms with Gasteiger partial charge >= 0.3 is 0 Å². The summed E-state index contributed by atoms with van der Waals surface area (Å²) < 4.78 is 0. The third-order valence-electron chi connectivity index (χ3n) is 4.14. The average Bonchev–Trinajstić information content (AvgIpc) is 2.71. The minimum Gasteiger partial charge on any atom is -0.364 e. The van der Waals surface area contributed by atoms with Crippen molar-refractivity contribution in [2.75, 3.05) is 43.4 Å². The third-order valence-corrected chi connectivity index (χ3v) is 4.39. The zero-order valence-electron chi connectivity index (χ0n) is 16.3. The molecule has 3 rings (SSSR count). The number of hydrogen-bond acceptors (Lipinski definition) is 6. The van der Waals surface area contributed by atoms with Crippen LogP contribution in [-0.4, -0.2) is 59.9 Å². The fourth-order valence-electron chi connectivity index (χ4n) is 2.65.